The Morgan fingerprint density at radius 3 is 1.65 bits per heavy atom. The fourth-order valence-corrected chi connectivity index (χ4v) is 8.85. The van der Waals surface area contributed by atoms with E-state index in [1.807, 2.05) is 0 Å². The minimum Gasteiger partial charge on any atom is -0.519 e. The predicted molar refractivity (Wildman–Crippen MR) is 90.0 cm³/mol. The monoisotopic (exact) mass is 299 g/mol. The van der Waals surface area contributed by atoms with Gasteiger partial charge >= 0.3 is 0 Å². The molecule has 0 rings (SSSR count). The number of unbranched alkanes of at least 4 members (excludes halogenated alkanes) is 1. The smallest absolute Gasteiger partial charge is 0.296 e. The van der Waals surface area contributed by atoms with Crippen LogP contribution in [0.4, 0.5) is 0 Å². The molecule has 0 unspecified atom stereocenters. The highest BCUT2D eigenvalue weighted by molar-refractivity contribution is 6.75. The Kier molecular flexibility index (Phi) is 9.44. The molecule has 0 heterocycles. The molecule has 0 bridgehead atoms. The van der Waals surface area contributed by atoms with Crippen molar-refractivity contribution in [2.45, 2.75) is 79.4 Å². The third-order valence-electron chi connectivity index (χ3n) is 3.26. The standard InChI is InChI=1S/C17H35O2Si/c1-8-9-10-17(18)19-20(11-14(2)3,12-15(4)5)13-16(6)7/h10,14-16H,8-9,11-13H2,1-7H3. The van der Waals surface area contributed by atoms with Crippen molar-refractivity contribution >= 4 is 14.3 Å². The maximum Gasteiger partial charge on any atom is 0.296 e. The summed E-state index contributed by atoms with van der Waals surface area (Å²) < 4.78 is 6.12. The van der Waals surface area contributed by atoms with Crippen LogP contribution < -0.4 is 0 Å². The fraction of sp³-hybridized carbons (Fsp3) is 0.882. The lowest BCUT2D eigenvalue weighted by atomic mass is 10.2. The van der Waals surface area contributed by atoms with Gasteiger partial charge in [-0.15, -0.1) is 0 Å². The van der Waals surface area contributed by atoms with Crippen LogP contribution in [-0.4, -0.2) is 14.3 Å². The zero-order chi connectivity index (χ0) is 15.8. The van der Waals surface area contributed by atoms with Crippen molar-refractivity contribution in [3.63, 3.8) is 0 Å². The van der Waals surface area contributed by atoms with Crippen molar-refractivity contribution in [2.24, 2.45) is 17.8 Å². The van der Waals surface area contributed by atoms with Gasteiger partial charge in [-0.3, -0.25) is 4.79 Å². The molecular weight excluding hydrogens is 264 g/mol. The van der Waals surface area contributed by atoms with Crippen LogP contribution in [0.2, 0.25) is 18.1 Å². The van der Waals surface area contributed by atoms with Crippen molar-refractivity contribution in [1.82, 2.24) is 0 Å². The zero-order valence-corrected chi connectivity index (χ0v) is 15.7. The third kappa shape index (κ3) is 8.78. The fourth-order valence-electron chi connectivity index (χ4n) is 3.12. The van der Waals surface area contributed by atoms with E-state index in [1.54, 1.807) is 6.42 Å². The van der Waals surface area contributed by atoms with Gasteiger partial charge in [-0.05, 0) is 42.3 Å². The minimum atomic E-state index is -1.98. The maximum absolute atomic E-state index is 12.1. The van der Waals surface area contributed by atoms with Gasteiger partial charge in [0.05, 0.1) is 6.42 Å². The molecule has 0 saturated heterocycles. The molecule has 3 heteroatoms. The summed E-state index contributed by atoms with van der Waals surface area (Å²) in [6.07, 6.45) is 3.57. The van der Waals surface area contributed by atoms with E-state index in [2.05, 4.69) is 48.5 Å². The normalized spacial score (nSPS) is 12.5. The Hall–Kier alpha value is -0.313. The summed E-state index contributed by atoms with van der Waals surface area (Å²) in [5.74, 6) is 1.72. The van der Waals surface area contributed by atoms with Gasteiger partial charge < -0.3 is 4.43 Å². The summed E-state index contributed by atoms with van der Waals surface area (Å²) in [6, 6.07) is 3.28. The second-order valence-corrected chi connectivity index (χ2v) is 11.2. The first kappa shape index (κ1) is 19.7. The molecule has 0 amide bonds. The van der Waals surface area contributed by atoms with E-state index >= 15 is 0 Å². The molecule has 0 aromatic rings. The van der Waals surface area contributed by atoms with Gasteiger partial charge in [0.2, 0.25) is 0 Å². The molecule has 20 heavy (non-hydrogen) atoms. The zero-order valence-electron chi connectivity index (χ0n) is 14.7. The topological polar surface area (TPSA) is 26.3 Å². The second kappa shape index (κ2) is 9.59. The van der Waals surface area contributed by atoms with E-state index in [4.69, 9.17) is 4.43 Å². The van der Waals surface area contributed by atoms with Crippen molar-refractivity contribution in [3.8, 4) is 0 Å². The van der Waals surface area contributed by atoms with Gasteiger partial charge in [-0.25, -0.2) is 0 Å². The highest BCUT2D eigenvalue weighted by atomic mass is 28.4. The molecule has 1 radical (unpaired) electrons. The molecule has 0 atom stereocenters. The Labute approximate surface area is 127 Å². The molecule has 0 aliphatic carbocycles. The molecule has 0 spiro atoms. The van der Waals surface area contributed by atoms with Crippen LogP contribution in [0.5, 0.6) is 0 Å². The summed E-state index contributed by atoms with van der Waals surface area (Å²) in [5.41, 5.74) is 0. The summed E-state index contributed by atoms with van der Waals surface area (Å²) >= 11 is 0. The van der Waals surface area contributed by atoms with E-state index in [0.717, 1.165) is 31.0 Å². The lowest BCUT2D eigenvalue weighted by Crippen LogP contribution is -2.44. The number of hydrogen-bond acceptors (Lipinski definition) is 2. The van der Waals surface area contributed by atoms with Crippen LogP contribution in [-0.2, 0) is 9.22 Å². The van der Waals surface area contributed by atoms with E-state index in [1.165, 1.54) is 0 Å². The molecular formula is C17H35O2Si. The molecule has 0 saturated carbocycles. The van der Waals surface area contributed by atoms with Crippen LogP contribution in [0.25, 0.3) is 0 Å². The predicted octanol–water partition coefficient (Wildman–Crippen LogP) is 5.45. The van der Waals surface area contributed by atoms with E-state index < -0.39 is 8.32 Å². The molecule has 0 aliphatic heterocycles. The molecule has 119 valence electrons. The number of rotatable bonds is 10. The third-order valence-corrected chi connectivity index (χ3v) is 8.57. The van der Waals surface area contributed by atoms with Crippen LogP contribution in [0.1, 0.15) is 61.3 Å². The maximum atomic E-state index is 12.1. The van der Waals surface area contributed by atoms with Crippen LogP contribution >= 0.6 is 0 Å². The lowest BCUT2D eigenvalue weighted by molar-refractivity contribution is -0.131. The van der Waals surface area contributed by atoms with Crippen molar-refractivity contribution in [2.75, 3.05) is 0 Å². The highest BCUT2D eigenvalue weighted by Crippen LogP contribution is 2.33. The Morgan fingerprint density at radius 1 is 0.950 bits per heavy atom. The summed E-state index contributed by atoms with van der Waals surface area (Å²) in [4.78, 5) is 12.1. The average Bonchev–Trinajstić information content (AvgIpc) is 2.22. The first-order valence-electron chi connectivity index (χ1n) is 8.27. The Balaban J connectivity index is 4.98. The van der Waals surface area contributed by atoms with Crippen molar-refractivity contribution in [3.05, 3.63) is 6.42 Å². The number of carbonyl (C=O) groups excluding carboxylic acids is 1. The first-order chi connectivity index (χ1) is 9.20. The van der Waals surface area contributed by atoms with Crippen LogP contribution in [0, 0.1) is 24.2 Å². The van der Waals surface area contributed by atoms with Crippen molar-refractivity contribution in [1.29, 1.82) is 0 Å². The quantitative estimate of drug-likeness (QED) is 0.501. The summed E-state index contributed by atoms with van der Waals surface area (Å²) in [5, 5.41) is 0. The molecule has 0 aromatic carbocycles. The van der Waals surface area contributed by atoms with Crippen molar-refractivity contribution < 1.29 is 9.22 Å². The largest absolute Gasteiger partial charge is 0.519 e. The van der Waals surface area contributed by atoms with Gasteiger partial charge in [-0.2, -0.15) is 0 Å². The second-order valence-electron chi connectivity index (χ2n) is 7.39. The van der Waals surface area contributed by atoms with E-state index in [9.17, 15) is 4.79 Å². The highest BCUT2D eigenvalue weighted by Gasteiger charge is 2.40. The van der Waals surface area contributed by atoms with E-state index in [0.29, 0.717) is 17.8 Å². The molecule has 0 aromatic heterocycles. The van der Waals surface area contributed by atoms with Gasteiger partial charge in [-0.1, -0.05) is 54.9 Å². The van der Waals surface area contributed by atoms with Crippen LogP contribution in [0.15, 0.2) is 0 Å². The van der Waals surface area contributed by atoms with Crippen LogP contribution in [0.3, 0.4) is 0 Å². The van der Waals surface area contributed by atoms with Gasteiger partial charge in [0.25, 0.3) is 14.3 Å². The van der Waals surface area contributed by atoms with Gasteiger partial charge in [0, 0.05) is 0 Å². The number of carbonyl (C=O) groups is 1. The summed E-state index contributed by atoms with van der Waals surface area (Å²) in [6.45, 7) is 15.5. The van der Waals surface area contributed by atoms with E-state index in [-0.39, 0.29) is 5.97 Å². The first-order valence-corrected chi connectivity index (χ1v) is 10.8. The molecule has 0 aliphatic rings. The SMILES string of the molecule is CCC[CH]C(=O)O[Si](CC(C)C)(CC(C)C)CC(C)C. The minimum absolute atomic E-state index is 0.0690. The molecule has 2 nitrogen and oxygen atoms in total. The molecule has 0 fully saturated rings. The molecule has 0 N–H and O–H groups in total. The Morgan fingerprint density at radius 2 is 1.35 bits per heavy atom. The number of hydrogen-bond donors (Lipinski definition) is 0. The van der Waals surface area contributed by atoms with Gasteiger partial charge in [0.1, 0.15) is 0 Å². The lowest BCUT2D eigenvalue weighted by Gasteiger charge is -2.35. The average molecular weight is 300 g/mol. The summed E-state index contributed by atoms with van der Waals surface area (Å²) in [7, 11) is -1.98. The van der Waals surface area contributed by atoms with Gasteiger partial charge in [0.15, 0.2) is 0 Å². The Bertz CT molecular complexity index is 246.